The molecule has 0 aliphatic rings. The highest BCUT2D eigenvalue weighted by atomic mass is 16.5. The van der Waals surface area contributed by atoms with Gasteiger partial charge >= 0.3 is 0 Å². The van der Waals surface area contributed by atoms with Crippen molar-refractivity contribution in [1.82, 2.24) is 4.90 Å². The van der Waals surface area contributed by atoms with Crippen molar-refractivity contribution in [3.63, 3.8) is 0 Å². The predicted molar refractivity (Wildman–Crippen MR) is 90.5 cm³/mol. The number of methoxy groups -OCH3 is 2. The van der Waals surface area contributed by atoms with Crippen LogP contribution in [0.1, 0.15) is 33.9 Å². The van der Waals surface area contributed by atoms with Crippen LogP contribution in [0.4, 0.5) is 0 Å². The van der Waals surface area contributed by atoms with Gasteiger partial charge in [0.1, 0.15) is 0 Å². The Hall–Kier alpha value is -0.940. The summed E-state index contributed by atoms with van der Waals surface area (Å²) in [6.45, 7) is 11.9. The maximum atomic E-state index is 10.8. The SMILES string of the molecule is COCCN(CCOC)CC(O)c1c(C)c(C)cc(C)c1C. The van der Waals surface area contributed by atoms with Gasteiger partial charge in [-0.05, 0) is 55.5 Å². The molecule has 0 radical (unpaired) electrons. The summed E-state index contributed by atoms with van der Waals surface area (Å²) in [5.74, 6) is 0. The number of aliphatic hydroxyl groups is 1. The third-order valence-electron chi connectivity index (χ3n) is 4.41. The van der Waals surface area contributed by atoms with Crippen LogP contribution in [0.3, 0.4) is 0 Å². The van der Waals surface area contributed by atoms with E-state index in [1.807, 2.05) is 0 Å². The molecule has 1 unspecified atom stereocenters. The number of rotatable bonds is 9. The third-order valence-corrected chi connectivity index (χ3v) is 4.41. The first kappa shape index (κ1) is 19.1. The van der Waals surface area contributed by atoms with Crippen molar-refractivity contribution < 1.29 is 14.6 Å². The number of aryl methyl sites for hydroxylation is 2. The third kappa shape index (κ3) is 5.06. The standard InChI is InChI=1S/C18H31NO3/c1-13-11-14(2)16(4)18(15(13)3)17(20)12-19(7-9-21-5)8-10-22-6/h11,17,20H,7-10,12H2,1-6H3. The maximum absolute atomic E-state index is 10.8. The average molecular weight is 309 g/mol. The van der Waals surface area contributed by atoms with Crippen molar-refractivity contribution in [2.45, 2.75) is 33.8 Å². The summed E-state index contributed by atoms with van der Waals surface area (Å²) in [5, 5.41) is 10.8. The van der Waals surface area contributed by atoms with E-state index in [1.54, 1.807) is 14.2 Å². The summed E-state index contributed by atoms with van der Waals surface area (Å²) in [5.41, 5.74) is 5.91. The van der Waals surface area contributed by atoms with Crippen molar-refractivity contribution in [2.24, 2.45) is 0 Å². The van der Waals surface area contributed by atoms with Gasteiger partial charge in [0.2, 0.25) is 0 Å². The summed E-state index contributed by atoms with van der Waals surface area (Å²) in [6.07, 6.45) is -0.493. The molecule has 4 nitrogen and oxygen atoms in total. The zero-order chi connectivity index (χ0) is 16.7. The van der Waals surface area contributed by atoms with Gasteiger partial charge in [0.05, 0.1) is 19.3 Å². The highest BCUT2D eigenvalue weighted by molar-refractivity contribution is 5.45. The lowest BCUT2D eigenvalue weighted by atomic mass is 9.90. The molecule has 0 saturated carbocycles. The molecule has 126 valence electrons. The fourth-order valence-corrected chi connectivity index (χ4v) is 2.82. The van der Waals surface area contributed by atoms with E-state index in [0.717, 1.165) is 18.7 Å². The molecule has 0 amide bonds. The molecule has 0 aromatic heterocycles. The Kier molecular flexibility index (Phi) is 8.04. The number of nitrogens with zero attached hydrogens (tertiary/aromatic N) is 1. The van der Waals surface area contributed by atoms with Gasteiger partial charge in [-0.15, -0.1) is 0 Å². The molecule has 0 aliphatic heterocycles. The highest BCUT2D eigenvalue weighted by Crippen LogP contribution is 2.27. The molecule has 4 heteroatoms. The number of ether oxygens (including phenoxy) is 2. The zero-order valence-corrected chi connectivity index (χ0v) is 14.9. The first-order valence-electron chi connectivity index (χ1n) is 7.88. The Bertz CT molecular complexity index is 440. The van der Waals surface area contributed by atoms with E-state index in [-0.39, 0.29) is 0 Å². The average Bonchev–Trinajstić information content (AvgIpc) is 2.48. The molecule has 1 N–H and O–H groups in total. The second-order valence-corrected chi connectivity index (χ2v) is 5.98. The molecule has 1 atom stereocenters. The monoisotopic (exact) mass is 309 g/mol. The van der Waals surface area contributed by atoms with Crippen LogP contribution < -0.4 is 0 Å². The number of benzene rings is 1. The van der Waals surface area contributed by atoms with Crippen molar-refractivity contribution in [2.75, 3.05) is 47.1 Å². The largest absolute Gasteiger partial charge is 0.387 e. The van der Waals surface area contributed by atoms with E-state index in [2.05, 4.69) is 38.7 Å². The molecule has 0 fully saturated rings. The number of hydrogen-bond donors (Lipinski definition) is 1. The van der Waals surface area contributed by atoms with Crippen molar-refractivity contribution in [3.8, 4) is 0 Å². The van der Waals surface area contributed by atoms with Crippen LogP contribution in [-0.4, -0.2) is 57.1 Å². The van der Waals surface area contributed by atoms with Crippen molar-refractivity contribution in [1.29, 1.82) is 0 Å². The topological polar surface area (TPSA) is 41.9 Å². The number of hydrogen-bond acceptors (Lipinski definition) is 4. The summed E-state index contributed by atoms with van der Waals surface area (Å²) in [6, 6.07) is 2.19. The minimum atomic E-state index is -0.493. The molecule has 1 aromatic carbocycles. The fraction of sp³-hybridized carbons (Fsp3) is 0.667. The highest BCUT2D eigenvalue weighted by Gasteiger charge is 2.19. The molecule has 1 rings (SSSR count). The Morgan fingerprint density at radius 3 is 1.82 bits per heavy atom. The van der Waals surface area contributed by atoms with E-state index < -0.39 is 6.10 Å². The first-order valence-corrected chi connectivity index (χ1v) is 7.88. The normalized spacial score (nSPS) is 12.9. The Morgan fingerprint density at radius 1 is 0.955 bits per heavy atom. The van der Waals surface area contributed by atoms with Crippen molar-refractivity contribution >= 4 is 0 Å². The smallest absolute Gasteiger partial charge is 0.0922 e. The van der Waals surface area contributed by atoms with E-state index in [4.69, 9.17) is 9.47 Å². The van der Waals surface area contributed by atoms with Gasteiger partial charge in [-0.1, -0.05) is 6.07 Å². The van der Waals surface area contributed by atoms with Gasteiger partial charge in [0.25, 0.3) is 0 Å². The van der Waals surface area contributed by atoms with Gasteiger partial charge in [-0.25, -0.2) is 0 Å². The van der Waals surface area contributed by atoms with Gasteiger partial charge in [0.15, 0.2) is 0 Å². The van der Waals surface area contributed by atoms with Crippen LogP contribution in [0.5, 0.6) is 0 Å². The molecular weight excluding hydrogens is 278 g/mol. The maximum Gasteiger partial charge on any atom is 0.0922 e. The van der Waals surface area contributed by atoms with E-state index in [1.165, 1.54) is 22.3 Å². The summed E-state index contributed by atoms with van der Waals surface area (Å²) < 4.78 is 10.3. The molecule has 0 heterocycles. The molecule has 0 aliphatic carbocycles. The van der Waals surface area contributed by atoms with Gasteiger partial charge in [-0.3, -0.25) is 4.90 Å². The molecular formula is C18H31NO3. The molecule has 0 spiro atoms. The van der Waals surface area contributed by atoms with Crippen LogP contribution in [0.25, 0.3) is 0 Å². The Labute approximate surface area is 135 Å². The van der Waals surface area contributed by atoms with Crippen LogP contribution in [0.2, 0.25) is 0 Å². The van der Waals surface area contributed by atoms with E-state index in [9.17, 15) is 5.11 Å². The van der Waals surface area contributed by atoms with Crippen LogP contribution in [0.15, 0.2) is 6.07 Å². The molecule has 22 heavy (non-hydrogen) atoms. The lowest BCUT2D eigenvalue weighted by molar-refractivity contribution is 0.0692. The van der Waals surface area contributed by atoms with Crippen molar-refractivity contribution in [3.05, 3.63) is 33.9 Å². The number of aliphatic hydroxyl groups excluding tert-OH is 1. The lowest BCUT2D eigenvalue weighted by Gasteiger charge is -2.27. The zero-order valence-electron chi connectivity index (χ0n) is 14.9. The van der Waals surface area contributed by atoms with Gasteiger partial charge < -0.3 is 14.6 Å². The van der Waals surface area contributed by atoms with Crippen LogP contribution in [0, 0.1) is 27.7 Å². The minimum Gasteiger partial charge on any atom is -0.387 e. The van der Waals surface area contributed by atoms with Gasteiger partial charge in [-0.2, -0.15) is 0 Å². The quantitative estimate of drug-likeness (QED) is 0.761. The van der Waals surface area contributed by atoms with Crippen LogP contribution in [-0.2, 0) is 9.47 Å². The first-order chi connectivity index (χ1) is 10.4. The van der Waals surface area contributed by atoms with Gasteiger partial charge in [0, 0.05) is 33.9 Å². The molecule has 1 aromatic rings. The fourth-order valence-electron chi connectivity index (χ4n) is 2.82. The lowest BCUT2D eigenvalue weighted by Crippen LogP contribution is -2.34. The Balaban J connectivity index is 2.91. The minimum absolute atomic E-state index is 0.493. The van der Waals surface area contributed by atoms with E-state index >= 15 is 0 Å². The summed E-state index contributed by atoms with van der Waals surface area (Å²) in [7, 11) is 3.40. The van der Waals surface area contributed by atoms with E-state index in [0.29, 0.717) is 19.8 Å². The summed E-state index contributed by atoms with van der Waals surface area (Å²) >= 11 is 0. The second kappa shape index (κ2) is 9.26. The second-order valence-electron chi connectivity index (χ2n) is 5.98. The molecule has 0 bridgehead atoms. The molecule has 0 saturated heterocycles. The predicted octanol–water partition coefficient (Wildman–Crippen LogP) is 2.55. The summed E-state index contributed by atoms with van der Waals surface area (Å²) in [4.78, 5) is 2.19. The van der Waals surface area contributed by atoms with Crippen LogP contribution >= 0.6 is 0 Å². The Morgan fingerprint density at radius 2 is 1.41 bits per heavy atom.